The fourth-order valence-electron chi connectivity index (χ4n) is 3.45. The van der Waals surface area contributed by atoms with E-state index in [1.54, 1.807) is 34.2 Å². The van der Waals surface area contributed by atoms with Crippen LogP contribution in [-0.2, 0) is 16.0 Å². The third-order valence-corrected chi connectivity index (χ3v) is 5.96. The summed E-state index contributed by atoms with van der Waals surface area (Å²) >= 11 is 1.23. The predicted octanol–water partition coefficient (Wildman–Crippen LogP) is 2.66. The van der Waals surface area contributed by atoms with Crippen LogP contribution < -0.4 is 24.8 Å². The van der Waals surface area contributed by atoms with Crippen LogP contribution in [0.15, 0.2) is 17.5 Å². The van der Waals surface area contributed by atoms with Crippen molar-refractivity contribution in [2.75, 3.05) is 64.7 Å². The second-order valence-electron chi connectivity index (χ2n) is 7.39. The summed E-state index contributed by atoms with van der Waals surface area (Å²) in [6.45, 7) is 3.64. The number of benzene rings is 1. The van der Waals surface area contributed by atoms with E-state index in [-0.39, 0.29) is 24.5 Å². The van der Waals surface area contributed by atoms with Crippen molar-refractivity contribution < 1.29 is 33.3 Å². The highest BCUT2D eigenvalue weighted by molar-refractivity contribution is 7.13. The number of anilines is 2. The number of nitrogens with zero attached hydrogens (tertiary/aromatic N) is 3. The minimum Gasteiger partial charge on any atom is -0.493 e. The van der Waals surface area contributed by atoms with E-state index in [2.05, 4.69) is 15.6 Å². The van der Waals surface area contributed by atoms with Crippen LogP contribution in [0, 0.1) is 0 Å². The molecule has 12 nitrogen and oxygen atoms in total. The van der Waals surface area contributed by atoms with E-state index in [1.807, 2.05) is 0 Å². The largest absolute Gasteiger partial charge is 0.493 e. The molecule has 4 amide bonds. The average Bonchev–Trinajstić information content (AvgIpc) is 3.29. The Hall–Kier alpha value is -3.74. The molecular weight excluding hydrogens is 478 g/mol. The number of aromatic nitrogens is 1. The fraction of sp³-hybridized carbons (Fsp3) is 0.455. The van der Waals surface area contributed by atoms with Gasteiger partial charge in [0, 0.05) is 49.4 Å². The monoisotopic (exact) mass is 507 g/mol. The van der Waals surface area contributed by atoms with Crippen molar-refractivity contribution >= 4 is 40.2 Å². The Kier molecular flexibility index (Phi) is 8.95. The minimum absolute atomic E-state index is 0.0151. The molecular formula is C22H29N5O7S. The molecule has 0 spiro atoms. The highest BCUT2D eigenvalue weighted by Gasteiger charge is 2.25. The molecule has 2 aromatic rings. The number of methoxy groups -OCH3 is 3. The van der Waals surface area contributed by atoms with Crippen molar-refractivity contribution in [3.8, 4) is 17.2 Å². The van der Waals surface area contributed by atoms with Crippen molar-refractivity contribution in [2.45, 2.75) is 13.3 Å². The standard InChI is InChI=1S/C22H29N5O7S/c1-5-34-22(30)27-8-6-26(7-9-27)21(29)25-20-24-15(13-35-20)12-18(28)23-14-10-16(31-2)19(33-4)17(11-14)32-3/h10-11,13H,5-9,12H2,1-4H3,(H,23,28)(H,24,25,29). The Morgan fingerprint density at radius 2 is 1.60 bits per heavy atom. The molecule has 0 atom stereocenters. The summed E-state index contributed by atoms with van der Waals surface area (Å²) in [5.74, 6) is 0.973. The van der Waals surface area contributed by atoms with E-state index in [1.165, 1.54) is 32.7 Å². The zero-order valence-electron chi connectivity index (χ0n) is 20.1. The lowest BCUT2D eigenvalue weighted by Gasteiger charge is -2.33. The van der Waals surface area contributed by atoms with Crippen molar-refractivity contribution in [1.82, 2.24) is 14.8 Å². The van der Waals surface area contributed by atoms with Crippen LogP contribution in [0.1, 0.15) is 12.6 Å². The summed E-state index contributed by atoms with van der Waals surface area (Å²) in [5.41, 5.74) is 0.998. The molecule has 0 saturated carbocycles. The number of hydrogen-bond acceptors (Lipinski definition) is 9. The zero-order valence-corrected chi connectivity index (χ0v) is 20.9. The lowest BCUT2D eigenvalue weighted by Crippen LogP contribution is -2.51. The van der Waals surface area contributed by atoms with Crippen LogP contribution in [0.3, 0.4) is 0 Å². The molecule has 0 bridgehead atoms. The van der Waals surface area contributed by atoms with Crippen molar-refractivity contribution in [3.05, 3.63) is 23.2 Å². The molecule has 190 valence electrons. The van der Waals surface area contributed by atoms with Crippen LogP contribution in [0.2, 0.25) is 0 Å². The quantitative estimate of drug-likeness (QED) is 0.558. The van der Waals surface area contributed by atoms with Gasteiger partial charge in [0.25, 0.3) is 0 Å². The molecule has 0 radical (unpaired) electrons. The third kappa shape index (κ3) is 6.66. The number of ether oxygens (including phenoxy) is 4. The number of thiazole rings is 1. The molecule has 2 heterocycles. The van der Waals surface area contributed by atoms with Crippen LogP contribution >= 0.6 is 11.3 Å². The summed E-state index contributed by atoms with van der Waals surface area (Å²) in [6.07, 6.45) is -0.358. The zero-order chi connectivity index (χ0) is 25.4. The maximum Gasteiger partial charge on any atom is 0.409 e. The van der Waals surface area contributed by atoms with Crippen LogP contribution in [0.5, 0.6) is 17.2 Å². The van der Waals surface area contributed by atoms with Gasteiger partial charge < -0.3 is 34.1 Å². The topological polar surface area (TPSA) is 132 Å². The van der Waals surface area contributed by atoms with Crippen molar-refractivity contribution in [2.24, 2.45) is 0 Å². The van der Waals surface area contributed by atoms with Crippen LogP contribution in [0.25, 0.3) is 0 Å². The fourth-order valence-corrected chi connectivity index (χ4v) is 4.15. The van der Waals surface area contributed by atoms with Crippen molar-refractivity contribution in [3.63, 3.8) is 0 Å². The molecule has 0 aliphatic carbocycles. The molecule has 1 aliphatic rings. The number of piperazine rings is 1. The summed E-state index contributed by atoms with van der Waals surface area (Å²) in [6, 6.07) is 2.96. The summed E-state index contributed by atoms with van der Waals surface area (Å²) in [7, 11) is 4.49. The molecule has 1 fully saturated rings. The Morgan fingerprint density at radius 1 is 0.971 bits per heavy atom. The van der Waals surface area contributed by atoms with Gasteiger partial charge in [-0.25, -0.2) is 14.6 Å². The third-order valence-electron chi connectivity index (χ3n) is 5.15. The Morgan fingerprint density at radius 3 is 2.17 bits per heavy atom. The number of hydrogen-bond donors (Lipinski definition) is 2. The molecule has 0 unspecified atom stereocenters. The smallest absolute Gasteiger partial charge is 0.409 e. The molecule has 1 aromatic heterocycles. The molecule has 35 heavy (non-hydrogen) atoms. The summed E-state index contributed by atoms with van der Waals surface area (Å²) in [5, 5.41) is 7.63. The summed E-state index contributed by atoms with van der Waals surface area (Å²) in [4.78, 5) is 44.4. The molecule has 1 saturated heterocycles. The maximum atomic E-state index is 12.5. The van der Waals surface area contributed by atoms with Gasteiger partial charge in [0.1, 0.15) is 0 Å². The van der Waals surface area contributed by atoms with Gasteiger partial charge in [-0.15, -0.1) is 11.3 Å². The average molecular weight is 508 g/mol. The van der Waals surface area contributed by atoms with Gasteiger partial charge in [0.05, 0.1) is 40.1 Å². The van der Waals surface area contributed by atoms with Crippen molar-refractivity contribution in [1.29, 1.82) is 0 Å². The van der Waals surface area contributed by atoms with Gasteiger partial charge in [-0.05, 0) is 6.92 Å². The van der Waals surface area contributed by atoms with Gasteiger partial charge in [-0.2, -0.15) is 0 Å². The first-order valence-corrected chi connectivity index (χ1v) is 11.8. The van der Waals surface area contributed by atoms with Gasteiger partial charge in [0.15, 0.2) is 16.6 Å². The first-order valence-electron chi connectivity index (χ1n) is 10.9. The first-order chi connectivity index (χ1) is 16.9. The van der Waals surface area contributed by atoms with E-state index in [9.17, 15) is 14.4 Å². The predicted molar refractivity (Wildman–Crippen MR) is 130 cm³/mol. The summed E-state index contributed by atoms with van der Waals surface area (Å²) < 4.78 is 20.9. The second-order valence-corrected chi connectivity index (χ2v) is 8.24. The van der Waals surface area contributed by atoms with Crippen LogP contribution in [-0.4, -0.2) is 86.9 Å². The van der Waals surface area contributed by atoms with E-state index >= 15 is 0 Å². The molecule has 3 rings (SSSR count). The Bertz CT molecular complexity index is 1030. The van der Waals surface area contributed by atoms with Gasteiger partial charge in [-0.1, -0.05) is 0 Å². The Labute approximate surface area is 207 Å². The van der Waals surface area contributed by atoms with Gasteiger partial charge in [-0.3, -0.25) is 10.1 Å². The number of urea groups is 1. The number of carbonyl (C=O) groups is 3. The molecule has 2 N–H and O–H groups in total. The molecule has 13 heteroatoms. The molecule has 1 aliphatic heterocycles. The SMILES string of the molecule is CCOC(=O)N1CCN(C(=O)Nc2nc(CC(=O)Nc3cc(OC)c(OC)c(OC)c3)cs2)CC1. The van der Waals surface area contributed by atoms with Gasteiger partial charge >= 0.3 is 12.1 Å². The van der Waals surface area contributed by atoms with Gasteiger partial charge in [0.2, 0.25) is 11.7 Å². The van der Waals surface area contributed by atoms with E-state index in [4.69, 9.17) is 18.9 Å². The van der Waals surface area contributed by atoms with E-state index in [0.717, 1.165) is 0 Å². The number of carbonyl (C=O) groups excluding carboxylic acids is 3. The maximum absolute atomic E-state index is 12.5. The highest BCUT2D eigenvalue weighted by Crippen LogP contribution is 2.39. The number of amides is 4. The molecule has 1 aromatic carbocycles. The first kappa shape index (κ1) is 25.9. The highest BCUT2D eigenvalue weighted by atomic mass is 32.1. The lowest BCUT2D eigenvalue weighted by molar-refractivity contribution is -0.115. The second kappa shape index (κ2) is 12.1. The Balaban J connectivity index is 1.53. The number of rotatable bonds is 8. The number of nitrogens with one attached hydrogen (secondary N) is 2. The normalized spacial score (nSPS) is 13.1. The van der Waals surface area contributed by atoms with E-state index in [0.29, 0.717) is 66.5 Å². The van der Waals surface area contributed by atoms with E-state index < -0.39 is 0 Å². The lowest BCUT2D eigenvalue weighted by atomic mass is 10.2. The van der Waals surface area contributed by atoms with Crippen LogP contribution in [0.4, 0.5) is 20.4 Å². The minimum atomic E-state index is -0.373.